The van der Waals surface area contributed by atoms with Crippen molar-refractivity contribution in [1.82, 2.24) is 9.80 Å². The summed E-state index contributed by atoms with van der Waals surface area (Å²) in [5.74, 6) is 0.761. The fourth-order valence-electron chi connectivity index (χ4n) is 2.48. The van der Waals surface area contributed by atoms with Crippen molar-refractivity contribution in [3.05, 3.63) is 0 Å². The van der Waals surface area contributed by atoms with Crippen molar-refractivity contribution >= 4 is 5.91 Å². The summed E-state index contributed by atoms with van der Waals surface area (Å²) in [5.41, 5.74) is 0. The second-order valence-electron chi connectivity index (χ2n) is 4.90. The number of β-amino-alcohol motifs (C(OH)–C–C–N with tert-alkyl or cyclic N) is 1. The summed E-state index contributed by atoms with van der Waals surface area (Å²) < 4.78 is 0. The number of piperidine rings is 1. The van der Waals surface area contributed by atoms with Gasteiger partial charge in [-0.25, -0.2) is 0 Å². The molecule has 1 atom stereocenters. The average Bonchev–Trinajstić information content (AvgIpc) is 2.49. The topological polar surface area (TPSA) is 43.8 Å². The summed E-state index contributed by atoms with van der Waals surface area (Å²) in [6, 6.07) is 0. The van der Waals surface area contributed by atoms with Crippen LogP contribution in [0.1, 0.15) is 19.3 Å². The molecule has 0 aromatic rings. The number of hydrogen-bond donors (Lipinski definition) is 1. The van der Waals surface area contributed by atoms with Gasteiger partial charge in [-0.15, -0.1) is 0 Å². The largest absolute Gasteiger partial charge is 0.391 e. The monoisotopic (exact) mass is 212 g/mol. The average molecular weight is 212 g/mol. The molecule has 0 saturated carbocycles. The molecule has 2 rings (SSSR count). The molecule has 2 aliphatic heterocycles. The molecule has 4 heteroatoms. The summed E-state index contributed by atoms with van der Waals surface area (Å²) in [7, 11) is 2.14. The van der Waals surface area contributed by atoms with Gasteiger partial charge in [-0.05, 0) is 38.9 Å². The quantitative estimate of drug-likeness (QED) is 0.696. The third kappa shape index (κ3) is 2.69. The lowest BCUT2D eigenvalue weighted by Gasteiger charge is -2.31. The van der Waals surface area contributed by atoms with Crippen LogP contribution in [0.15, 0.2) is 0 Å². The molecule has 0 aromatic carbocycles. The van der Waals surface area contributed by atoms with Crippen molar-refractivity contribution in [2.75, 3.05) is 33.2 Å². The predicted octanol–water partition coefficient (Wildman–Crippen LogP) is -0.0786. The van der Waals surface area contributed by atoms with Gasteiger partial charge in [0, 0.05) is 13.1 Å². The minimum atomic E-state index is -0.427. The summed E-state index contributed by atoms with van der Waals surface area (Å²) in [6.07, 6.45) is 2.25. The van der Waals surface area contributed by atoms with Gasteiger partial charge in [0.2, 0.25) is 5.91 Å². The Morgan fingerprint density at radius 2 is 2.07 bits per heavy atom. The van der Waals surface area contributed by atoms with Crippen LogP contribution in [-0.4, -0.2) is 60.1 Å². The van der Waals surface area contributed by atoms with Gasteiger partial charge in [-0.3, -0.25) is 4.79 Å². The van der Waals surface area contributed by atoms with E-state index in [1.807, 2.05) is 4.90 Å². The van der Waals surface area contributed by atoms with Crippen molar-refractivity contribution in [2.45, 2.75) is 25.4 Å². The molecular formula is C11H20N2O2. The maximum Gasteiger partial charge on any atom is 0.225 e. The lowest BCUT2D eigenvalue weighted by Crippen LogP contribution is -2.37. The second kappa shape index (κ2) is 4.49. The zero-order valence-electron chi connectivity index (χ0n) is 9.35. The Bertz CT molecular complexity index is 237. The lowest BCUT2D eigenvalue weighted by atomic mass is 9.97. The zero-order valence-corrected chi connectivity index (χ0v) is 9.35. The van der Waals surface area contributed by atoms with Crippen molar-refractivity contribution in [1.29, 1.82) is 0 Å². The number of aliphatic hydroxyl groups excluding tert-OH is 1. The first-order chi connectivity index (χ1) is 7.15. The van der Waals surface area contributed by atoms with Crippen LogP contribution in [0.5, 0.6) is 0 Å². The molecule has 15 heavy (non-hydrogen) atoms. The second-order valence-corrected chi connectivity index (χ2v) is 4.90. The Morgan fingerprint density at radius 1 is 1.40 bits per heavy atom. The van der Waals surface area contributed by atoms with Gasteiger partial charge in [0.05, 0.1) is 12.5 Å². The Hall–Kier alpha value is -0.610. The minimum Gasteiger partial charge on any atom is -0.391 e. The van der Waals surface area contributed by atoms with E-state index in [0.29, 0.717) is 18.9 Å². The maximum atomic E-state index is 11.5. The SMILES string of the molecule is CN1CCC(CN2CC(O)CC2=O)CC1. The van der Waals surface area contributed by atoms with Crippen LogP contribution in [0.25, 0.3) is 0 Å². The Labute approximate surface area is 90.9 Å². The standard InChI is InChI=1S/C11H20N2O2/c1-12-4-2-9(3-5-12)7-13-8-10(14)6-11(13)15/h9-10,14H,2-8H2,1H3. The van der Waals surface area contributed by atoms with Gasteiger partial charge in [0.25, 0.3) is 0 Å². The van der Waals surface area contributed by atoms with E-state index in [2.05, 4.69) is 11.9 Å². The molecule has 86 valence electrons. The first kappa shape index (κ1) is 10.9. The van der Waals surface area contributed by atoms with Crippen LogP contribution in [0.3, 0.4) is 0 Å². The molecule has 0 aromatic heterocycles. The van der Waals surface area contributed by atoms with E-state index in [9.17, 15) is 9.90 Å². The first-order valence-corrected chi connectivity index (χ1v) is 5.79. The van der Waals surface area contributed by atoms with Gasteiger partial charge in [-0.1, -0.05) is 0 Å². The van der Waals surface area contributed by atoms with Crippen LogP contribution >= 0.6 is 0 Å². The van der Waals surface area contributed by atoms with Gasteiger partial charge >= 0.3 is 0 Å². The van der Waals surface area contributed by atoms with Crippen LogP contribution in [-0.2, 0) is 4.79 Å². The molecule has 1 N–H and O–H groups in total. The fourth-order valence-corrected chi connectivity index (χ4v) is 2.48. The summed E-state index contributed by atoms with van der Waals surface area (Å²) >= 11 is 0. The number of amides is 1. The number of aliphatic hydroxyl groups is 1. The normalized spacial score (nSPS) is 30.1. The van der Waals surface area contributed by atoms with Crippen molar-refractivity contribution in [3.63, 3.8) is 0 Å². The van der Waals surface area contributed by atoms with Crippen molar-refractivity contribution in [2.24, 2.45) is 5.92 Å². The highest BCUT2D eigenvalue weighted by Crippen LogP contribution is 2.20. The van der Waals surface area contributed by atoms with E-state index >= 15 is 0 Å². The Kier molecular flexibility index (Phi) is 3.26. The Morgan fingerprint density at radius 3 is 2.60 bits per heavy atom. The smallest absolute Gasteiger partial charge is 0.225 e. The molecule has 1 unspecified atom stereocenters. The van der Waals surface area contributed by atoms with Crippen molar-refractivity contribution < 1.29 is 9.90 Å². The van der Waals surface area contributed by atoms with Crippen LogP contribution < -0.4 is 0 Å². The Balaban J connectivity index is 1.79. The number of likely N-dealkylation sites (tertiary alicyclic amines) is 2. The van der Waals surface area contributed by atoms with Gasteiger partial charge in [0.1, 0.15) is 0 Å². The predicted molar refractivity (Wildman–Crippen MR) is 57.4 cm³/mol. The van der Waals surface area contributed by atoms with E-state index in [-0.39, 0.29) is 5.91 Å². The van der Waals surface area contributed by atoms with Gasteiger partial charge in [0.15, 0.2) is 0 Å². The number of carbonyl (C=O) groups excluding carboxylic acids is 1. The highest BCUT2D eigenvalue weighted by atomic mass is 16.3. The maximum absolute atomic E-state index is 11.5. The van der Waals surface area contributed by atoms with Gasteiger partial charge in [-0.2, -0.15) is 0 Å². The number of nitrogens with zero attached hydrogens (tertiary/aromatic N) is 2. The number of hydrogen-bond acceptors (Lipinski definition) is 3. The molecule has 0 bridgehead atoms. The highest BCUT2D eigenvalue weighted by Gasteiger charge is 2.30. The minimum absolute atomic E-state index is 0.126. The molecule has 0 spiro atoms. The zero-order chi connectivity index (χ0) is 10.8. The number of carbonyl (C=O) groups is 1. The van der Waals surface area contributed by atoms with Crippen molar-refractivity contribution in [3.8, 4) is 0 Å². The summed E-state index contributed by atoms with van der Waals surface area (Å²) in [6.45, 7) is 3.67. The third-order valence-corrected chi connectivity index (χ3v) is 3.51. The molecular weight excluding hydrogens is 192 g/mol. The van der Waals surface area contributed by atoms with E-state index < -0.39 is 6.10 Å². The van der Waals surface area contributed by atoms with E-state index in [0.717, 1.165) is 19.6 Å². The molecule has 1 amide bonds. The highest BCUT2D eigenvalue weighted by molar-refractivity contribution is 5.78. The van der Waals surface area contributed by atoms with E-state index in [4.69, 9.17) is 0 Å². The van der Waals surface area contributed by atoms with Crippen LogP contribution in [0.2, 0.25) is 0 Å². The molecule has 0 radical (unpaired) electrons. The first-order valence-electron chi connectivity index (χ1n) is 5.79. The third-order valence-electron chi connectivity index (χ3n) is 3.51. The fraction of sp³-hybridized carbons (Fsp3) is 0.909. The lowest BCUT2D eigenvalue weighted by molar-refractivity contribution is -0.128. The molecule has 0 aliphatic carbocycles. The number of rotatable bonds is 2. The van der Waals surface area contributed by atoms with E-state index in [1.54, 1.807) is 0 Å². The van der Waals surface area contributed by atoms with Crippen LogP contribution in [0, 0.1) is 5.92 Å². The molecule has 2 fully saturated rings. The summed E-state index contributed by atoms with van der Waals surface area (Å²) in [5, 5.41) is 9.37. The van der Waals surface area contributed by atoms with Gasteiger partial charge < -0.3 is 14.9 Å². The summed E-state index contributed by atoms with van der Waals surface area (Å²) in [4.78, 5) is 15.6. The molecule has 4 nitrogen and oxygen atoms in total. The van der Waals surface area contributed by atoms with E-state index in [1.165, 1.54) is 12.8 Å². The molecule has 2 aliphatic rings. The molecule has 2 heterocycles. The van der Waals surface area contributed by atoms with Crippen LogP contribution in [0.4, 0.5) is 0 Å². The molecule has 2 saturated heterocycles.